The van der Waals surface area contributed by atoms with Gasteiger partial charge in [0.1, 0.15) is 0 Å². The van der Waals surface area contributed by atoms with E-state index in [1.165, 1.54) is 6.07 Å². The van der Waals surface area contributed by atoms with E-state index >= 15 is 0 Å². The third-order valence-electron chi connectivity index (χ3n) is 2.70. The molecule has 0 atom stereocenters. The van der Waals surface area contributed by atoms with Gasteiger partial charge in [0.2, 0.25) is 0 Å². The zero-order valence-corrected chi connectivity index (χ0v) is 13.6. The van der Waals surface area contributed by atoms with Crippen LogP contribution in [0.5, 0.6) is 0 Å². The molecule has 2 rings (SSSR count). The van der Waals surface area contributed by atoms with Crippen LogP contribution >= 0.6 is 23.2 Å². The molecule has 0 spiro atoms. The summed E-state index contributed by atoms with van der Waals surface area (Å²) in [7, 11) is 0. The Morgan fingerprint density at radius 3 is 2.33 bits per heavy atom. The number of nitrogens with one attached hydrogen (secondary N) is 1. The monoisotopic (exact) mass is 325 g/mol. The van der Waals surface area contributed by atoms with Crippen molar-refractivity contribution >= 4 is 40.5 Å². The van der Waals surface area contributed by atoms with E-state index < -0.39 is 5.97 Å². The average molecular weight is 326 g/mol. The molecule has 0 aliphatic heterocycles. The first-order chi connectivity index (χ1) is 10.0. The van der Waals surface area contributed by atoms with Crippen molar-refractivity contribution in [3.8, 4) is 0 Å². The van der Waals surface area contributed by atoms with Crippen molar-refractivity contribution in [1.82, 2.24) is 0 Å². The maximum Gasteiger partial charge on any atom is 0.337 e. The maximum absolute atomic E-state index is 11.1. The number of carbonyl (C=O) groups is 1. The van der Waals surface area contributed by atoms with Gasteiger partial charge in [-0.1, -0.05) is 55.2 Å². The molecule has 0 aliphatic carbocycles. The Morgan fingerprint density at radius 2 is 1.71 bits per heavy atom. The molecule has 0 bridgehead atoms. The predicted octanol–water partition coefficient (Wildman–Crippen LogP) is 5.77. The van der Waals surface area contributed by atoms with Gasteiger partial charge in [0.25, 0.3) is 0 Å². The summed E-state index contributed by atoms with van der Waals surface area (Å²) >= 11 is 12.3. The van der Waals surface area contributed by atoms with E-state index in [1.807, 2.05) is 20.8 Å². The second-order valence-electron chi connectivity index (χ2n) is 4.03. The van der Waals surface area contributed by atoms with Crippen LogP contribution in [0.1, 0.15) is 29.8 Å². The lowest BCUT2D eigenvalue weighted by atomic mass is 10.1. The lowest BCUT2D eigenvalue weighted by molar-refractivity contribution is 0.0698. The number of benzene rings is 2. The van der Waals surface area contributed by atoms with Crippen LogP contribution in [0.3, 0.4) is 0 Å². The maximum atomic E-state index is 11.1. The fraction of sp³-hybridized carbons (Fsp3) is 0.188. The van der Waals surface area contributed by atoms with Crippen LogP contribution in [0, 0.1) is 6.92 Å². The van der Waals surface area contributed by atoms with E-state index in [1.54, 1.807) is 30.3 Å². The van der Waals surface area contributed by atoms with Crippen LogP contribution in [-0.4, -0.2) is 11.1 Å². The number of aromatic carboxylic acids is 1. The van der Waals surface area contributed by atoms with Crippen LogP contribution < -0.4 is 5.32 Å². The second-order valence-corrected chi connectivity index (χ2v) is 4.81. The molecule has 0 amide bonds. The molecule has 0 aliphatic rings. The summed E-state index contributed by atoms with van der Waals surface area (Å²) in [6.45, 7) is 5.85. The van der Waals surface area contributed by atoms with Crippen LogP contribution in [-0.2, 0) is 0 Å². The third-order valence-corrected chi connectivity index (χ3v) is 3.50. The first kappa shape index (κ1) is 17.3. The van der Waals surface area contributed by atoms with Crippen molar-refractivity contribution in [2.75, 3.05) is 5.32 Å². The molecular formula is C16H17Cl2NO2. The van der Waals surface area contributed by atoms with Gasteiger partial charge in [-0.05, 0) is 30.7 Å². The Labute approximate surface area is 134 Å². The second kappa shape index (κ2) is 7.91. The SMILES string of the molecule is CC.Cc1ccc(Cl)c(Nc2ccccc2C(=O)O)c1Cl. The highest BCUT2D eigenvalue weighted by Crippen LogP contribution is 2.35. The van der Waals surface area contributed by atoms with E-state index in [-0.39, 0.29) is 5.56 Å². The molecule has 0 saturated carbocycles. The number of halogens is 2. The number of carboxylic acid groups (broad SMARTS) is 1. The van der Waals surface area contributed by atoms with Crippen molar-refractivity contribution < 1.29 is 9.90 Å². The van der Waals surface area contributed by atoms with Gasteiger partial charge in [-0.2, -0.15) is 0 Å². The zero-order valence-electron chi connectivity index (χ0n) is 12.1. The first-order valence-corrected chi connectivity index (χ1v) is 7.30. The van der Waals surface area contributed by atoms with E-state index in [2.05, 4.69) is 5.32 Å². The minimum absolute atomic E-state index is 0.163. The molecule has 2 aromatic carbocycles. The molecule has 21 heavy (non-hydrogen) atoms. The number of anilines is 2. The number of para-hydroxylation sites is 1. The summed E-state index contributed by atoms with van der Waals surface area (Å²) in [5, 5.41) is 13.0. The zero-order chi connectivity index (χ0) is 16.0. The van der Waals surface area contributed by atoms with Crippen LogP contribution in [0.25, 0.3) is 0 Å². The van der Waals surface area contributed by atoms with Crippen molar-refractivity contribution in [2.45, 2.75) is 20.8 Å². The molecule has 3 nitrogen and oxygen atoms in total. The van der Waals surface area contributed by atoms with Gasteiger partial charge in [0.15, 0.2) is 0 Å². The van der Waals surface area contributed by atoms with Crippen molar-refractivity contribution in [2.24, 2.45) is 0 Å². The Bertz CT molecular complexity index is 642. The van der Waals surface area contributed by atoms with Crippen molar-refractivity contribution in [3.63, 3.8) is 0 Å². The minimum atomic E-state index is -1.01. The summed E-state index contributed by atoms with van der Waals surface area (Å²) in [6, 6.07) is 10.1. The predicted molar refractivity (Wildman–Crippen MR) is 89.2 cm³/mol. The molecule has 2 aromatic rings. The third kappa shape index (κ3) is 4.13. The Balaban J connectivity index is 0.00000106. The van der Waals surface area contributed by atoms with E-state index in [0.717, 1.165) is 5.56 Å². The molecule has 0 radical (unpaired) electrons. The topological polar surface area (TPSA) is 49.3 Å². The van der Waals surface area contributed by atoms with Gasteiger partial charge in [-0.15, -0.1) is 0 Å². The lowest BCUT2D eigenvalue weighted by Crippen LogP contribution is -2.03. The Morgan fingerprint density at radius 1 is 1.10 bits per heavy atom. The molecule has 0 heterocycles. The van der Waals surface area contributed by atoms with Crippen LogP contribution in [0.2, 0.25) is 10.0 Å². The normalized spacial score (nSPS) is 9.57. The molecule has 0 saturated heterocycles. The van der Waals surface area contributed by atoms with Crippen LogP contribution in [0.15, 0.2) is 36.4 Å². The molecule has 0 aromatic heterocycles. The highest BCUT2D eigenvalue weighted by Gasteiger charge is 2.13. The molecule has 0 unspecified atom stereocenters. The highest BCUT2D eigenvalue weighted by atomic mass is 35.5. The molecule has 2 N–H and O–H groups in total. The Hall–Kier alpha value is -1.71. The molecule has 112 valence electrons. The van der Waals surface area contributed by atoms with Crippen molar-refractivity contribution in [1.29, 1.82) is 0 Å². The van der Waals surface area contributed by atoms with Gasteiger partial charge in [0.05, 0.1) is 27.0 Å². The number of carboxylic acids is 1. The minimum Gasteiger partial charge on any atom is -0.478 e. The quantitative estimate of drug-likeness (QED) is 0.753. The average Bonchev–Trinajstić information content (AvgIpc) is 2.50. The highest BCUT2D eigenvalue weighted by molar-refractivity contribution is 6.39. The van der Waals surface area contributed by atoms with Crippen molar-refractivity contribution in [3.05, 3.63) is 57.6 Å². The molecular weight excluding hydrogens is 309 g/mol. The molecule has 0 fully saturated rings. The van der Waals surface area contributed by atoms with E-state index in [0.29, 0.717) is 21.4 Å². The van der Waals surface area contributed by atoms with Gasteiger partial charge in [-0.25, -0.2) is 4.79 Å². The van der Waals surface area contributed by atoms with Gasteiger partial charge in [0, 0.05) is 0 Å². The number of rotatable bonds is 3. The smallest absolute Gasteiger partial charge is 0.337 e. The summed E-state index contributed by atoms with van der Waals surface area (Å²) in [5.41, 5.74) is 1.99. The standard InChI is InChI=1S/C14H11Cl2NO2.C2H6/c1-8-6-7-10(15)13(12(8)16)17-11-5-3-2-4-9(11)14(18)19;1-2/h2-7,17H,1H3,(H,18,19);1-2H3. The fourth-order valence-corrected chi connectivity index (χ4v) is 2.15. The van der Waals surface area contributed by atoms with Crippen LogP contribution in [0.4, 0.5) is 11.4 Å². The summed E-state index contributed by atoms with van der Waals surface area (Å²) in [4.78, 5) is 11.1. The van der Waals surface area contributed by atoms with E-state index in [9.17, 15) is 4.79 Å². The number of aryl methyl sites for hydroxylation is 1. The van der Waals surface area contributed by atoms with E-state index in [4.69, 9.17) is 28.3 Å². The summed E-state index contributed by atoms with van der Waals surface area (Å²) < 4.78 is 0. The number of hydrogen-bond acceptors (Lipinski definition) is 2. The van der Waals surface area contributed by atoms with Gasteiger partial charge in [-0.3, -0.25) is 0 Å². The van der Waals surface area contributed by atoms with Gasteiger partial charge < -0.3 is 10.4 Å². The number of hydrogen-bond donors (Lipinski definition) is 2. The Kier molecular flexibility index (Phi) is 6.53. The summed E-state index contributed by atoms with van der Waals surface area (Å²) in [6.07, 6.45) is 0. The van der Waals surface area contributed by atoms with Gasteiger partial charge >= 0.3 is 5.97 Å². The first-order valence-electron chi connectivity index (χ1n) is 6.54. The summed E-state index contributed by atoms with van der Waals surface area (Å²) in [5.74, 6) is -1.01. The molecule has 5 heteroatoms. The lowest BCUT2D eigenvalue weighted by Gasteiger charge is -2.13. The fourth-order valence-electron chi connectivity index (χ4n) is 1.68. The largest absolute Gasteiger partial charge is 0.478 e.